The van der Waals surface area contributed by atoms with Crippen LogP contribution in [0.25, 0.3) is 0 Å². The van der Waals surface area contributed by atoms with Crippen molar-refractivity contribution in [3.63, 3.8) is 0 Å². The van der Waals surface area contributed by atoms with Crippen molar-refractivity contribution in [2.24, 2.45) is 0 Å². The van der Waals surface area contributed by atoms with E-state index in [4.69, 9.17) is 0 Å². The smallest absolute Gasteiger partial charge is 0.0810 e. The zero-order valence-corrected chi connectivity index (χ0v) is 10.5. The number of halogens is 1. The Balaban J connectivity index is 4.39. The quantitative estimate of drug-likeness (QED) is 0.499. The van der Waals surface area contributed by atoms with Crippen LogP contribution in [0.3, 0.4) is 0 Å². The van der Waals surface area contributed by atoms with Crippen molar-refractivity contribution >= 4 is 24.0 Å². The number of hydrogen-bond acceptors (Lipinski definition) is 0. The molecule has 0 radical (unpaired) electrons. The lowest BCUT2D eigenvalue weighted by molar-refractivity contribution is 1.17. The molecule has 0 N–H and O–H groups in total. The van der Waals surface area contributed by atoms with Gasteiger partial charge in [-0.05, 0) is 0 Å². The second-order valence-electron chi connectivity index (χ2n) is 3.08. The summed E-state index contributed by atoms with van der Waals surface area (Å²) in [6.45, 7) is 11.1. The highest BCUT2D eigenvalue weighted by Gasteiger charge is 2.28. The molecule has 0 spiro atoms. The average molecular weight is 235 g/mol. The molecule has 0 bridgehead atoms. The molecule has 2 heteroatoms. The first-order valence-corrected chi connectivity index (χ1v) is 8.15. The van der Waals surface area contributed by atoms with Gasteiger partial charge in [-0.15, -0.1) is 6.58 Å². The van der Waals surface area contributed by atoms with E-state index in [-0.39, 0.29) is 0 Å². The molecule has 0 aliphatic heterocycles. The zero-order chi connectivity index (χ0) is 8.91. The van der Waals surface area contributed by atoms with Gasteiger partial charge in [0.15, 0.2) is 0 Å². The van der Waals surface area contributed by atoms with E-state index in [0.29, 0.717) is 0 Å². The second-order valence-corrected chi connectivity index (χ2v) is 9.03. The van der Waals surface area contributed by atoms with Crippen LogP contribution in [0.4, 0.5) is 0 Å². The minimum Gasteiger partial charge on any atom is -0.103 e. The fourth-order valence-corrected chi connectivity index (χ4v) is 6.71. The number of alkyl halides is 1. The van der Waals surface area contributed by atoms with Crippen LogP contribution < -0.4 is 0 Å². The van der Waals surface area contributed by atoms with Crippen molar-refractivity contribution < 1.29 is 0 Å². The van der Waals surface area contributed by atoms with Crippen molar-refractivity contribution in [2.45, 2.75) is 38.9 Å². The van der Waals surface area contributed by atoms with E-state index >= 15 is 0 Å². The molecule has 0 aromatic rings. The molecule has 0 aliphatic carbocycles. The largest absolute Gasteiger partial charge is 0.103 e. The highest BCUT2D eigenvalue weighted by Crippen LogP contribution is 2.28. The normalized spacial score (nSPS) is 11.6. The molecule has 0 aromatic heterocycles. The molecule has 0 fully saturated rings. The molecule has 0 saturated heterocycles. The fourth-order valence-electron chi connectivity index (χ4n) is 1.64. The first-order valence-electron chi connectivity index (χ1n) is 4.41. The van der Waals surface area contributed by atoms with Gasteiger partial charge in [0.25, 0.3) is 0 Å². The predicted octanol–water partition coefficient (Wildman–Crippen LogP) is 3.99. The monoisotopic (exact) mass is 234 g/mol. The van der Waals surface area contributed by atoms with Gasteiger partial charge in [-0.3, -0.25) is 0 Å². The third-order valence-electron chi connectivity index (χ3n) is 2.94. The number of rotatable bonds is 5. The van der Waals surface area contributed by atoms with Gasteiger partial charge in [0.1, 0.15) is 0 Å². The van der Waals surface area contributed by atoms with E-state index < -0.39 is 8.07 Å². The molecule has 0 nitrogen and oxygen atoms in total. The molecule has 0 aromatic carbocycles. The van der Waals surface area contributed by atoms with Crippen molar-refractivity contribution in [1.82, 2.24) is 0 Å². The Kier molecular flexibility index (Phi) is 5.35. The topological polar surface area (TPSA) is 0 Å². The molecule has 66 valence electrons. The van der Waals surface area contributed by atoms with Crippen molar-refractivity contribution in [1.29, 1.82) is 0 Å². The standard InChI is InChI=1S/C9H19BrSi/c1-5-11(6-2,7-3)9(4)8-10/h4-8H2,1-3H3. The van der Waals surface area contributed by atoms with E-state index in [1.807, 2.05) is 0 Å². The number of hydrogen-bond donors (Lipinski definition) is 0. The van der Waals surface area contributed by atoms with Gasteiger partial charge in [0.2, 0.25) is 0 Å². The first-order chi connectivity index (χ1) is 5.16. The maximum Gasteiger partial charge on any atom is 0.0810 e. The van der Waals surface area contributed by atoms with Crippen LogP contribution in [0.1, 0.15) is 20.8 Å². The molecular weight excluding hydrogens is 216 g/mol. The Morgan fingerprint density at radius 1 is 1.18 bits per heavy atom. The minimum absolute atomic E-state index is 1.01. The van der Waals surface area contributed by atoms with Gasteiger partial charge >= 0.3 is 0 Å². The first kappa shape index (κ1) is 11.4. The average Bonchev–Trinajstić information content (AvgIpc) is 2.08. The summed E-state index contributed by atoms with van der Waals surface area (Å²) in [5.41, 5.74) is 0. The highest BCUT2D eigenvalue weighted by molar-refractivity contribution is 9.09. The SMILES string of the molecule is C=C(CBr)[Si](CC)(CC)CC. The van der Waals surface area contributed by atoms with E-state index in [1.165, 1.54) is 23.3 Å². The van der Waals surface area contributed by atoms with Gasteiger partial charge in [-0.25, -0.2) is 0 Å². The zero-order valence-electron chi connectivity index (χ0n) is 7.91. The lowest BCUT2D eigenvalue weighted by atomic mass is 10.7. The Morgan fingerprint density at radius 3 is 1.64 bits per heavy atom. The third-order valence-corrected chi connectivity index (χ3v) is 9.87. The van der Waals surface area contributed by atoms with Gasteiger partial charge in [0, 0.05) is 5.33 Å². The molecule has 0 heterocycles. The summed E-state index contributed by atoms with van der Waals surface area (Å²) in [7, 11) is -1.06. The Bertz CT molecular complexity index is 119. The summed E-state index contributed by atoms with van der Waals surface area (Å²) < 4.78 is 0. The van der Waals surface area contributed by atoms with Gasteiger partial charge in [0.05, 0.1) is 8.07 Å². The minimum atomic E-state index is -1.06. The molecule has 0 unspecified atom stereocenters. The highest BCUT2D eigenvalue weighted by atomic mass is 79.9. The molecule has 0 rings (SSSR count). The van der Waals surface area contributed by atoms with E-state index in [1.54, 1.807) is 0 Å². The molecule has 0 aliphatic rings. The van der Waals surface area contributed by atoms with E-state index in [2.05, 4.69) is 43.3 Å². The third kappa shape index (κ3) is 2.44. The lowest BCUT2D eigenvalue weighted by Gasteiger charge is -2.29. The molecule has 11 heavy (non-hydrogen) atoms. The number of allylic oxidation sites excluding steroid dienone is 1. The van der Waals surface area contributed by atoms with Crippen molar-refractivity contribution in [2.75, 3.05) is 5.33 Å². The lowest BCUT2D eigenvalue weighted by Crippen LogP contribution is -2.34. The Morgan fingerprint density at radius 2 is 1.55 bits per heavy atom. The molecule has 0 saturated carbocycles. The maximum absolute atomic E-state index is 4.17. The summed E-state index contributed by atoms with van der Waals surface area (Å²) in [6.07, 6.45) is 0. The van der Waals surface area contributed by atoms with E-state index in [0.717, 1.165) is 5.33 Å². The van der Waals surface area contributed by atoms with Crippen LogP contribution in [-0.4, -0.2) is 13.4 Å². The predicted molar refractivity (Wildman–Crippen MR) is 60.1 cm³/mol. The van der Waals surface area contributed by atoms with Gasteiger partial charge in [-0.1, -0.05) is 60.0 Å². The van der Waals surface area contributed by atoms with Crippen LogP contribution in [-0.2, 0) is 0 Å². The van der Waals surface area contributed by atoms with E-state index in [9.17, 15) is 0 Å². The van der Waals surface area contributed by atoms with Crippen LogP contribution in [0, 0.1) is 0 Å². The Hall–Kier alpha value is 0.437. The van der Waals surface area contributed by atoms with Crippen LogP contribution in [0.2, 0.25) is 18.1 Å². The second kappa shape index (κ2) is 5.15. The molecule has 0 atom stereocenters. The molecule has 0 amide bonds. The summed E-state index contributed by atoms with van der Waals surface area (Å²) in [6, 6.07) is 4.05. The van der Waals surface area contributed by atoms with Crippen LogP contribution in [0.5, 0.6) is 0 Å². The maximum atomic E-state index is 4.17. The van der Waals surface area contributed by atoms with Gasteiger partial charge in [-0.2, -0.15) is 0 Å². The molecular formula is C9H19BrSi. The summed E-state index contributed by atoms with van der Waals surface area (Å²) >= 11 is 3.51. The van der Waals surface area contributed by atoms with Crippen LogP contribution >= 0.6 is 15.9 Å². The summed E-state index contributed by atoms with van der Waals surface area (Å²) in [5, 5.41) is 2.50. The summed E-state index contributed by atoms with van der Waals surface area (Å²) in [5.74, 6) is 0. The van der Waals surface area contributed by atoms with Gasteiger partial charge < -0.3 is 0 Å². The van der Waals surface area contributed by atoms with Crippen molar-refractivity contribution in [3.8, 4) is 0 Å². The fraction of sp³-hybridized carbons (Fsp3) is 0.778. The van der Waals surface area contributed by atoms with Crippen molar-refractivity contribution in [3.05, 3.63) is 11.8 Å². The van der Waals surface area contributed by atoms with Crippen LogP contribution in [0.15, 0.2) is 11.8 Å². The summed E-state index contributed by atoms with van der Waals surface area (Å²) in [4.78, 5) is 0. The Labute approximate surface area is 80.2 Å².